The first-order valence-corrected chi connectivity index (χ1v) is 2.96. The van der Waals surface area contributed by atoms with Crippen molar-refractivity contribution in [1.82, 2.24) is 0 Å². The third kappa shape index (κ3) is 2.01. The van der Waals surface area contributed by atoms with Gasteiger partial charge in [-0.1, -0.05) is 0 Å². The van der Waals surface area contributed by atoms with Gasteiger partial charge < -0.3 is 4.74 Å². The van der Waals surface area contributed by atoms with E-state index in [1.54, 1.807) is 0 Å². The average Bonchev–Trinajstić information content (AvgIpc) is 1.86. The van der Waals surface area contributed by atoms with Crippen LogP contribution in [-0.4, -0.2) is 38.3 Å². The molecular formula is C6H14NO2+. The van der Waals surface area contributed by atoms with Crippen LogP contribution in [0.15, 0.2) is 0 Å². The van der Waals surface area contributed by atoms with Crippen LogP contribution in [-0.2, 0) is 4.74 Å². The molecule has 0 aliphatic carbocycles. The highest BCUT2D eigenvalue weighted by Gasteiger charge is 2.24. The first-order chi connectivity index (χ1) is 4.04. The minimum atomic E-state index is -0.197. The van der Waals surface area contributed by atoms with Crippen LogP contribution in [0.2, 0.25) is 0 Å². The third-order valence-electron chi connectivity index (χ3n) is 1.46. The fourth-order valence-corrected chi connectivity index (χ4v) is 0.376. The lowest BCUT2D eigenvalue weighted by atomic mass is 10.5. The van der Waals surface area contributed by atoms with Crippen molar-refractivity contribution in [3.8, 4) is 0 Å². The summed E-state index contributed by atoms with van der Waals surface area (Å²) in [5.74, 6) is 0. The van der Waals surface area contributed by atoms with E-state index in [4.69, 9.17) is 0 Å². The van der Waals surface area contributed by atoms with Gasteiger partial charge in [0.05, 0.1) is 27.7 Å². The van der Waals surface area contributed by atoms with Gasteiger partial charge in [0.1, 0.15) is 0 Å². The molecule has 0 aliphatic heterocycles. The molecule has 0 bridgehead atoms. The molecule has 0 saturated heterocycles. The third-order valence-corrected chi connectivity index (χ3v) is 1.46. The number of hydrogen-bond acceptors (Lipinski definition) is 2. The summed E-state index contributed by atoms with van der Waals surface area (Å²) in [5.41, 5.74) is 0. The smallest absolute Gasteiger partial charge is 0.423 e. The summed E-state index contributed by atoms with van der Waals surface area (Å²) >= 11 is 0. The summed E-state index contributed by atoms with van der Waals surface area (Å²) in [7, 11) is 5.02. The molecule has 9 heavy (non-hydrogen) atoms. The maximum Gasteiger partial charge on any atom is 0.515 e. The number of carbonyl (C=O) groups excluding carboxylic acids is 1. The van der Waals surface area contributed by atoms with Crippen LogP contribution in [0.25, 0.3) is 0 Å². The fraction of sp³-hybridized carbons (Fsp3) is 0.833. The molecule has 0 aliphatic rings. The van der Waals surface area contributed by atoms with E-state index in [9.17, 15) is 4.79 Å². The van der Waals surface area contributed by atoms with Crippen molar-refractivity contribution >= 4 is 6.09 Å². The van der Waals surface area contributed by atoms with Gasteiger partial charge in [-0.25, -0.2) is 4.48 Å². The predicted molar refractivity (Wildman–Crippen MR) is 35.1 cm³/mol. The zero-order valence-corrected chi connectivity index (χ0v) is 6.47. The van der Waals surface area contributed by atoms with Crippen LogP contribution >= 0.6 is 0 Å². The lowest BCUT2D eigenvalue weighted by Crippen LogP contribution is -2.44. The van der Waals surface area contributed by atoms with Gasteiger partial charge >= 0.3 is 6.09 Å². The molecule has 0 atom stereocenters. The number of carbonyl (C=O) groups is 1. The Hall–Kier alpha value is -0.570. The Morgan fingerprint density at radius 3 is 2.11 bits per heavy atom. The standard InChI is InChI=1S/C6H14NO2/c1-5-7(2,3)6(8)9-4/h5H2,1-4H3/q+1. The zero-order chi connectivity index (χ0) is 7.49. The molecule has 54 valence electrons. The normalized spacial score (nSPS) is 11.1. The Kier molecular flexibility index (Phi) is 2.65. The molecular weight excluding hydrogens is 118 g/mol. The van der Waals surface area contributed by atoms with Crippen molar-refractivity contribution in [3.05, 3.63) is 0 Å². The second-order valence-electron chi connectivity index (χ2n) is 2.47. The molecule has 0 saturated carbocycles. The van der Waals surface area contributed by atoms with E-state index >= 15 is 0 Å². The second-order valence-corrected chi connectivity index (χ2v) is 2.47. The molecule has 0 N–H and O–H groups in total. The highest BCUT2D eigenvalue weighted by Crippen LogP contribution is 1.98. The highest BCUT2D eigenvalue weighted by molar-refractivity contribution is 5.58. The van der Waals surface area contributed by atoms with Gasteiger partial charge in [-0.05, 0) is 6.92 Å². The number of methoxy groups -OCH3 is 1. The van der Waals surface area contributed by atoms with Crippen molar-refractivity contribution < 1.29 is 14.0 Å². The zero-order valence-electron chi connectivity index (χ0n) is 6.47. The van der Waals surface area contributed by atoms with Crippen LogP contribution in [0.5, 0.6) is 0 Å². The Labute approximate surface area is 55.8 Å². The largest absolute Gasteiger partial charge is 0.515 e. The number of hydrogen-bond donors (Lipinski definition) is 0. The molecule has 0 aromatic rings. The van der Waals surface area contributed by atoms with Gasteiger partial charge in [-0.15, -0.1) is 0 Å². The first kappa shape index (κ1) is 8.43. The van der Waals surface area contributed by atoms with Gasteiger partial charge in [0.15, 0.2) is 0 Å². The van der Waals surface area contributed by atoms with Crippen molar-refractivity contribution in [2.75, 3.05) is 27.7 Å². The summed E-state index contributed by atoms with van der Waals surface area (Å²) in [5, 5.41) is 0. The monoisotopic (exact) mass is 132 g/mol. The maximum atomic E-state index is 10.8. The molecule has 0 rings (SSSR count). The Balaban J connectivity index is 3.97. The number of amides is 1. The minimum absolute atomic E-state index is 0.197. The Morgan fingerprint density at radius 1 is 1.56 bits per heavy atom. The predicted octanol–water partition coefficient (Wildman–Crippen LogP) is 0.849. The van der Waals surface area contributed by atoms with Crippen molar-refractivity contribution in [2.45, 2.75) is 6.92 Å². The van der Waals surface area contributed by atoms with E-state index < -0.39 is 0 Å². The van der Waals surface area contributed by atoms with Gasteiger partial charge in [0, 0.05) is 0 Å². The second kappa shape index (κ2) is 2.82. The van der Waals surface area contributed by atoms with Crippen molar-refractivity contribution in [2.24, 2.45) is 0 Å². The van der Waals surface area contributed by atoms with Gasteiger partial charge in [0.25, 0.3) is 0 Å². The number of quaternary nitrogens is 1. The molecule has 0 spiro atoms. The number of nitrogens with zero attached hydrogens (tertiary/aromatic N) is 1. The SMILES string of the molecule is CC[N+](C)(C)C(=O)OC. The summed E-state index contributed by atoms with van der Waals surface area (Å²) in [6.07, 6.45) is -0.197. The first-order valence-electron chi connectivity index (χ1n) is 2.96. The van der Waals surface area contributed by atoms with Gasteiger partial charge in [-0.2, -0.15) is 4.79 Å². The molecule has 3 nitrogen and oxygen atoms in total. The quantitative estimate of drug-likeness (QED) is 0.494. The fourth-order valence-electron chi connectivity index (χ4n) is 0.376. The van der Waals surface area contributed by atoms with E-state index in [-0.39, 0.29) is 10.6 Å². The number of ether oxygens (including phenoxy) is 1. The number of rotatable bonds is 1. The van der Waals surface area contributed by atoms with Crippen molar-refractivity contribution in [3.63, 3.8) is 0 Å². The summed E-state index contributed by atoms with van der Waals surface area (Å²) in [4.78, 5) is 10.8. The lowest BCUT2D eigenvalue weighted by molar-refractivity contribution is -0.814. The molecule has 0 heterocycles. The molecule has 0 unspecified atom stereocenters. The van der Waals surface area contributed by atoms with Gasteiger partial charge in [0.2, 0.25) is 0 Å². The Morgan fingerprint density at radius 2 is 2.00 bits per heavy atom. The molecule has 0 fully saturated rings. The summed E-state index contributed by atoms with van der Waals surface area (Å²) in [6.45, 7) is 2.70. The summed E-state index contributed by atoms with van der Waals surface area (Å²) < 4.78 is 4.83. The van der Waals surface area contributed by atoms with Crippen molar-refractivity contribution in [1.29, 1.82) is 0 Å². The topological polar surface area (TPSA) is 26.3 Å². The minimum Gasteiger partial charge on any atom is -0.423 e. The molecule has 0 aromatic heterocycles. The van der Waals surface area contributed by atoms with Crippen LogP contribution in [0, 0.1) is 0 Å². The molecule has 3 heteroatoms. The van der Waals surface area contributed by atoms with E-state index in [0.29, 0.717) is 0 Å². The average molecular weight is 132 g/mol. The van der Waals surface area contributed by atoms with E-state index in [0.717, 1.165) is 6.54 Å². The maximum absolute atomic E-state index is 10.8. The van der Waals surface area contributed by atoms with Gasteiger partial charge in [-0.3, -0.25) is 0 Å². The van der Waals surface area contributed by atoms with E-state index in [1.807, 2.05) is 21.0 Å². The van der Waals surface area contributed by atoms with Crippen LogP contribution < -0.4 is 0 Å². The van der Waals surface area contributed by atoms with Crippen LogP contribution in [0.1, 0.15) is 6.92 Å². The molecule has 0 radical (unpaired) electrons. The lowest BCUT2D eigenvalue weighted by Gasteiger charge is -2.21. The van der Waals surface area contributed by atoms with Crippen LogP contribution in [0.4, 0.5) is 4.79 Å². The Bertz CT molecular complexity index is 110. The molecule has 0 aromatic carbocycles. The summed E-state index contributed by atoms with van der Waals surface area (Å²) in [6, 6.07) is 0. The van der Waals surface area contributed by atoms with Crippen LogP contribution in [0.3, 0.4) is 0 Å². The van der Waals surface area contributed by atoms with E-state index in [1.165, 1.54) is 7.11 Å². The molecule has 1 amide bonds. The van der Waals surface area contributed by atoms with E-state index in [2.05, 4.69) is 4.74 Å². The highest BCUT2D eigenvalue weighted by atomic mass is 16.5.